The monoisotopic (exact) mass is 480 g/mol. The summed E-state index contributed by atoms with van der Waals surface area (Å²) in [6.45, 7) is 5.29. The van der Waals surface area contributed by atoms with Gasteiger partial charge in [0.1, 0.15) is 12.1 Å². The molecule has 0 fully saturated rings. The van der Waals surface area contributed by atoms with Crippen molar-refractivity contribution >= 4 is 34.7 Å². The Labute approximate surface area is 199 Å². The van der Waals surface area contributed by atoms with Crippen LogP contribution in [0.25, 0.3) is 22.5 Å². The molecule has 0 unspecified atom stereocenters. The minimum absolute atomic E-state index is 0.0344. The number of anilines is 1. The first-order valence-corrected chi connectivity index (χ1v) is 11.7. The second-order valence-electron chi connectivity index (χ2n) is 8.21. The number of carbonyl (C=O) groups is 1. The fourth-order valence-corrected chi connectivity index (χ4v) is 4.62. The first-order valence-electron chi connectivity index (χ1n) is 10.9. The lowest BCUT2D eigenvalue weighted by molar-refractivity contribution is -0.121. The van der Waals surface area contributed by atoms with Gasteiger partial charge >= 0.3 is 0 Å². The number of aromatic nitrogens is 4. The zero-order chi connectivity index (χ0) is 23.7. The van der Waals surface area contributed by atoms with Gasteiger partial charge in [0.2, 0.25) is 12.7 Å². The summed E-state index contributed by atoms with van der Waals surface area (Å²) < 4.78 is 18.7. The molecule has 3 N–H and O–H groups in total. The highest BCUT2D eigenvalue weighted by molar-refractivity contribution is 7.99. The third-order valence-electron chi connectivity index (χ3n) is 5.26. The Morgan fingerprint density at radius 3 is 2.85 bits per heavy atom. The fraction of sp³-hybridized carbons (Fsp3) is 0.304. The van der Waals surface area contributed by atoms with Crippen LogP contribution >= 0.6 is 11.8 Å². The lowest BCUT2D eigenvalue weighted by atomic mass is 10.1. The van der Waals surface area contributed by atoms with Gasteiger partial charge < -0.3 is 29.5 Å². The standard InChI is InChI=1S/C23H24N6O4S/c1-13(2)10-25-19(30)5-6-29-22-20(21(24)26-11-27-22)28-23(29)34-18-9-17-16(32-12-33-17)8-14(18)15-4-3-7-31-15/h3-4,7-9,11,13H,5-6,10,12H2,1-2H3,(H,25,30)(H2,24,26,27). The third-order valence-corrected chi connectivity index (χ3v) is 6.31. The van der Waals surface area contributed by atoms with Crippen LogP contribution in [-0.4, -0.2) is 38.8 Å². The fourth-order valence-electron chi connectivity index (χ4n) is 3.56. The van der Waals surface area contributed by atoms with Crippen LogP contribution in [0.1, 0.15) is 20.3 Å². The van der Waals surface area contributed by atoms with Gasteiger partial charge in [0.15, 0.2) is 33.6 Å². The van der Waals surface area contributed by atoms with Crippen LogP contribution in [-0.2, 0) is 11.3 Å². The minimum atomic E-state index is -0.0344. The molecule has 4 heterocycles. The molecule has 3 aromatic heterocycles. The van der Waals surface area contributed by atoms with Gasteiger partial charge in [-0.15, -0.1) is 0 Å². The average Bonchev–Trinajstić information content (AvgIpc) is 3.56. The minimum Gasteiger partial charge on any atom is -0.464 e. The highest BCUT2D eigenvalue weighted by atomic mass is 32.2. The van der Waals surface area contributed by atoms with E-state index >= 15 is 0 Å². The number of fused-ring (bicyclic) bond motifs is 2. The van der Waals surface area contributed by atoms with E-state index in [9.17, 15) is 4.79 Å². The number of nitrogens with zero attached hydrogens (tertiary/aromatic N) is 4. The van der Waals surface area contributed by atoms with Gasteiger partial charge in [-0.2, -0.15) is 0 Å². The number of amides is 1. The summed E-state index contributed by atoms with van der Waals surface area (Å²) in [5.41, 5.74) is 7.99. The molecule has 5 rings (SSSR count). The molecular weight excluding hydrogens is 456 g/mol. The number of ether oxygens (including phenoxy) is 2. The molecule has 176 valence electrons. The smallest absolute Gasteiger partial charge is 0.231 e. The molecular formula is C23H24N6O4S. The number of nitrogens with two attached hydrogens (primary N) is 1. The van der Waals surface area contributed by atoms with Crippen molar-refractivity contribution in [3.63, 3.8) is 0 Å². The molecule has 4 aromatic rings. The maximum Gasteiger partial charge on any atom is 0.231 e. The van der Waals surface area contributed by atoms with Crippen LogP contribution in [0.2, 0.25) is 0 Å². The molecule has 1 aliphatic heterocycles. The Hall–Kier alpha value is -3.73. The number of nitrogens with one attached hydrogen (secondary N) is 1. The Balaban J connectivity index is 1.51. The van der Waals surface area contributed by atoms with Gasteiger partial charge in [-0.25, -0.2) is 15.0 Å². The Kier molecular flexibility index (Phi) is 6.01. The highest BCUT2D eigenvalue weighted by Crippen LogP contribution is 2.45. The quantitative estimate of drug-likeness (QED) is 0.387. The summed E-state index contributed by atoms with van der Waals surface area (Å²) in [5, 5.41) is 3.58. The molecule has 1 aliphatic rings. The van der Waals surface area contributed by atoms with Crippen molar-refractivity contribution in [3.05, 3.63) is 36.9 Å². The van der Waals surface area contributed by atoms with Crippen LogP contribution in [0.3, 0.4) is 0 Å². The predicted molar refractivity (Wildman–Crippen MR) is 127 cm³/mol. The lowest BCUT2D eigenvalue weighted by Crippen LogP contribution is -2.28. The van der Waals surface area contributed by atoms with Crippen molar-refractivity contribution in [2.24, 2.45) is 5.92 Å². The number of hydrogen-bond donors (Lipinski definition) is 2. The van der Waals surface area contributed by atoms with Crippen LogP contribution < -0.4 is 20.5 Å². The van der Waals surface area contributed by atoms with E-state index in [0.717, 1.165) is 10.5 Å². The summed E-state index contributed by atoms with van der Waals surface area (Å²) in [7, 11) is 0. The van der Waals surface area contributed by atoms with Gasteiger partial charge in [0.25, 0.3) is 0 Å². The maximum absolute atomic E-state index is 12.4. The molecule has 0 aliphatic carbocycles. The van der Waals surface area contributed by atoms with E-state index in [1.807, 2.05) is 28.8 Å². The number of imidazole rings is 1. The molecule has 0 saturated heterocycles. The van der Waals surface area contributed by atoms with Crippen molar-refractivity contribution in [2.75, 3.05) is 19.1 Å². The van der Waals surface area contributed by atoms with Crippen LogP contribution in [0, 0.1) is 5.92 Å². The SMILES string of the molecule is CC(C)CNC(=O)CCn1c(Sc2cc3c(cc2-c2ccco2)OCO3)nc2c(N)ncnc21. The van der Waals surface area contributed by atoms with Crippen molar-refractivity contribution in [3.8, 4) is 22.8 Å². The zero-order valence-corrected chi connectivity index (χ0v) is 19.6. The van der Waals surface area contributed by atoms with E-state index in [4.69, 9.17) is 24.6 Å². The molecule has 10 nitrogen and oxygen atoms in total. The summed E-state index contributed by atoms with van der Waals surface area (Å²) in [5.74, 6) is 2.62. The summed E-state index contributed by atoms with van der Waals surface area (Å²) in [4.78, 5) is 26.4. The maximum atomic E-state index is 12.4. The van der Waals surface area contributed by atoms with Gasteiger partial charge in [0, 0.05) is 30.0 Å². The summed E-state index contributed by atoms with van der Waals surface area (Å²) in [6, 6.07) is 7.51. The second kappa shape index (κ2) is 9.26. The molecule has 0 saturated carbocycles. The van der Waals surface area contributed by atoms with E-state index in [1.54, 1.807) is 6.26 Å². The number of hydrogen-bond acceptors (Lipinski definition) is 9. The van der Waals surface area contributed by atoms with E-state index in [2.05, 4.69) is 29.1 Å². The molecule has 0 radical (unpaired) electrons. The first kappa shape index (κ1) is 22.1. The normalized spacial score (nSPS) is 12.6. The highest BCUT2D eigenvalue weighted by Gasteiger charge is 2.23. The molecule has 11 heteroatoms. The van der Waals surface area contributed by atoms with Crippen molar-refractivity contribution in [2.45, 2.75) is 36.9 Å². The number of furan rings is 1. The molecule has 1 aromatic carbocycles. The number of benzene rings is 1. The second-order valence-corrected chi connectivity index (χ2v) is 9.22. The van der Waals surface area contributed by atoms with Crippen LogP contribution in [0.5, 0.6) is 11.5 Å². The van der Waals surface area contributed by atoms with Crippen molar-refractivity contribution in [1.82, 2.24) is 24.8 Å². The predicted octanol–water partition coefficient (Wildman–Crippen LogP) is 3.71. The van der Waals surface area contributed by atoms with Gasteiger partial charge in [-0.1, -0.05) is 25.6 Å². The van der Waals surface area contributed by atoms with Crippen molar-refractivity contribution in [1.29, 1.82) is 0 Å². The average molecular weight is 481 g/mol. The molecule has 0 spiro atoms. The summed E-state index contributed by atoms with van der Waals surface area (Å²) >= 11 is 1.41. The number of carbonyl (C=O) groups excluding carboxylic acids is 1. The van der Waals surface area contributed by atoms with E-state index < -0.39 is 0 Å². The molecule has 1 amide bonds. The Morgan fingerprint density at radius 2 is 2.09 bits per heavy atom. The van der Waals surface area contributed by atoms with Crippen LogP contribution in [0.4, 0.5) is 5.82 Å². The first-order chi connectivity index (χ1) is 16.5. The molecule has 34 heavy (non-hydrogen) atoms. The van der Waals surface area contributed by atoms with Gasteiger partial charge in [-0.3, -0.25) is 4.79 Å². The van der Waals surface area contributed by atoms with Gasteiger partial charge in [0.05, 0.1) is 6.26 Å². The zero-order valence-electron chi connectivity index (χ0n) is 18.8. The topological polar surface area (TPSA) is 130 Å². The third kappa shape index (κ3) is 4.38. The van der Waals surface area contributed by atoms with Crippen LogP contribution in [0.15, 0.2) is 51.3 Å². The molecule has 0 bridgehead atoms. The van der Waals surface area contributed by atoms with Crippen molar-refractivity contribution < 1.29 is 18.7 Å². The Bertz CT molecular complexity index is 1340. The number of nitrogen functional groups attached to an aromatic ring is 1. The molecule has 0 atom stereocenters. The van der Waals surface area contributed by atoms with Gasteiger partial charge in [-0.05, 0) is 30.2 Å². The largest absolute Gasteiger partial charge is 0.464 e. The summed E-state index contributed by atoms with van der Waals surface area (Å²) in [6.07, 6.45) is 3.30. The number of rotatable bonds is 8. The van der Waals surface area contributed by atoms with E-state index in [0.29, 0.717) is 52.6 Å². The lowest BCUT2D eigenvalue weighted by Gasteiger charge is -2.12. The Morgan fingerprint density at radius 1 is 1.26 bits per heavy atom. The number of aryl methyl sites for hydroxylation is 1. The van der Waals surface area contributed by atoms with E-state index in [-0.39, 0.29) is 24.9 Å². The van der Waals surface area contributed by atoms with E-state index in [1.165, 1.54) is 18.1 Å².